The van der Waals surface area contributed by atoms with E-state index in [4.69, 9.17) is 9.47 Å². The van der Waals surface area contributed by atoms with Crippen LogP contribution in [0.15, 0.2) is 63.5 Å². The lowest BCUT2D eigenvalue weighted by Crippen LogP contribution is -2.44. The number of benzene rings is 3. The van der Waals surface area contributed by atoms with Crippen LogP contribution in [-0.4, -0.2) is 25.0 Å². The van der Waals surface area contributed by atoms with Gasteiger partial charge < -0.3 is 9.47 Å². The van der Waals surface area contributed by atoms with Crippen LogP contribution in [0.2, 0.25) is 0 Å². The molecule has 0 aliphatic carbocycles. The van der Waals surface area contributed by atoms with E-state index in [2.05, 4.69) is 49.6 Å². The third-order valence-electron chi connectivity index (χ3n) is 4.44. The van der Waals surface area contributed by atoms with Gasteiger partial charge in [0, 0.05) is 4.47 Å². The van der Waals surface area contributed by atoms with Crippen molar-refractivity contribution in [1.82, 2.24) is 10.9 Å². The van der Waals surface area contributed by atoms with Crippen LogP contribution in [0, 0.1) is 0 Å². The smallest absolute Gasteiger partial charge is 0.276 e. The van der Waals surface area contributed by atoms with E-state index < -0.39 is 11.8 Å². The van der Waals surface area contributed by atoms with Crippen molar-refractivity contribution in [3.63, 3.8) is 0 Å². The number of para-hydroxylation sites is 1. The van der Waals surface area contributed by atoms with Gasteiger partial charge in [-0.25, -0.2) is 0 Å². The van der Waals surface area contributed by atoms with E-state index in [1.165, 1.54) is 0 Å². The van der Waals surface area contributed by atoms with E-state index in [0.717, 1.165) is 32.6 Å². The first-order valence-electron chi connectivity index (χ1n) is 9.81. The quantitative estimate of drug-likeness (QED) is 0.292. The molecule has 0 unspecified atom stereocenters. The third-order valence-corrected chi connectivity index (χ3v) is 5.75. The number of hydrazine groups is 1. The zero-order valence-electron chi connectivity index (χ0n) is 16.9. The first-order valence-corrected chi connectivity index (χ1v) is 11.4. The van der Waals surface area contributed by atoms with E-state index in [1.54, 1.807) is 30.3 Å². The van der Waals surface area contributed by atoms with Crippen molar-refractivity contribution in [3.8, 4) is 11.5 Å². The summed E-state index contributed by atoms with van der Waals surface area (Å²) in [6.07, 6.45) is 1.89. The third kappa shape index (κ3) is 6.21. The van der Waals surface area contributed by atoms with Crippen LogP contribution in [0.4, 0.5) is 0 Å². The zero-order chi connectivity index (χ0) is 22.2. The van der Waals surface area contributed by atoms with Crippen LogP contribution >= 0.6 is 31.9 Å². The summed E-state index contributed by atoms with van der Waals surface area (Å²) in [7, 11) is 0. The van der Waals surface area contributed by atoms with Gasteiger partial charge in [-0.1, -0.05) is 53.5 Å². The summed E-state index contributed by atoms with van der Waals surface area (Å²) in [4.78, 5) is 24.6. The zero-order valence-corrected chi connectivity index (χ0v) is 20.1. The minimum atomic E-state index is -0.486. The van der Waals surface area contributed by atoms with Crippen LogP contribution in [0.25, 0.3) is 10.8 Å². The number of ether oxygens (including phenoxy) is 2. The highest BCUT2D eigenvalue weighted by Crippen LogP contribution is 2.34. The second-order valence-corrected chi connectivity index (χ2v) is 8.44. The van der Waals surface area contributed by atoms with Gasteiger partial charge in [0.15, 0.2) is 6.61 Å². The van der Waals surface area contributed by atoms with Gasteiger partial charge >= 0.3 is 0 Å². The number of carbonyl (C=O) groups excluding carboxylic acids is 2. The molecular formula is C23H22Br2N2O4. The molecule has 8 heteroatoms. The molecular weight excluding hydrogens is 528 g/mol. The van der Waals surface area contributed by atoms with Gasteiger partial charge in [-0.05, 0) is 63.5 Å². The van der Waals surface area contributed by atoms with Crippen LogP contribution in [-0.2, 0) is 4.79 Å². The number of unbranched alkanes of at least 4 members (excludes halogenated alkanes) is 1. The van der Waals surface area contributed by atoms with Crippen molar-refractivity contribution in [3.05, 3.63) is 69.1 Å². The average Bonchev–Trinajstić information content (AvgIpc) is 2.77. The summed E-state index contributed by atoms with van der Waals surface area (Å²) in [5, 5.41) is 2.00. The van der Waals surface area contributed by atoms with Crippen molar-refractivity contribution >= 4 is 54.4 Å². The standard InChI is InChI=1S/C23H22Br2N2O4/c1-2-3-12-30-19-7-5-4-6-18(19)23(29)27-26-21(28)14-31-20-11-8-15-13-16(24)9-10-17(15)22(20)25/h4-11,13H,2-3,12,14H2,1H3,(H,26,28)(H,27,29). The Kier molecular flexibility index (Phi) is 8.31. The summed E-state index contributed by atoms with van der Waals surface area (Å²) in [6.45, 7) is 2.34. The van der Waals surface area contributed by atoms with Crippen LogP contribution < -0.4 is 20.3 Å². The lowest BCUT2D eigenvalue weighted by Gasteiger charge is -2.13. The highest BCUT2D eigenvalue weighted by Gasteiger charge is 2.14. The number of rotatable bonds is 8. The van der Waals surface area contributed by atoms with Crippen molar-refractivity contribution < 1.29 is 19.1 Å². The minimum absolute atomic E-state index is 0.254. The predicted molar refractivity (Wildman–Crippen MR) is 127 cm³/mol. The van der Waals surface area contributed by atoms with Crippen LogP contribution in [0.5, 0.6) is 11.5 Å². The number of hydrogen-bond donors (Lipinski definition) is 2. The summed E-state index contributed by atoms with van der Waals surface area (Å²) >= 11 is 6.98. The summed E-state index contributed by atoms with van der Waals surface area (Å²) in [5.41, 5.74) is 5.12. The monoisotopic (exact) mass is 548 g/mol. The molecule has 0 heterocycles. The van der Waals surface area contributed by atoms with E-state index >= 15 is 0 Å². The molecule has 0 saturated heterocycles. The van der Waals surface area contributed by atoms with Crippen LogP contribution in [0.3, 0.4) is 0 Å². The van der Waals surface area contributed by atoms with Crippen LogP contribution in [0.1, 0.15) is 30.1 Å². The Morgan fingerprint density at radius 2 is 1.74 bits per heavy atom. The number of fused-ring (bicyclic) bond motifs is 1. The number of halogens is 2. The molecule has 0 saturated carbocycles. The Morgan fingerprint density at radius 3 is 2.55 bits per heavy atom. The molecule has 162 valence electrons. The predicted octanol–water partition coefficient (Wildman–Crippen LogP) is 5.38. The summed E-state index contributed by atoms with van der Waals surface area (Å²) in [5.74, 6) is 0.0649. The Labute approximate surface area is 197 Å². The maximum Gasteiger partial charge on any atom is 0.276 e. The summed E-state index contributed by atoms with van der Waals surface area (Å²) < 4.78 is 13.0. The molecule has 0 aliphatic heterocycles. The Bertz CT molecular complexity index is 1090. The van der Waals surface area contributed by atoms with Gasteiger partial charge in [-0.3, -0.25) is 20.4 Å². The maximum absolute atomic E-state index is 12.4. The van der Waals surface area contributed by atoms with Crippen molar-refractivity contribution in [2.24, 2.45) is 0 Å². The van der Waals surface area contributed by atoms with Gasteiger partial charge in [0.2, 0.25) is 0 Å². The van der Waals surface area contributed by atoms with Gasteiger partial charge in [-0.15, -0.1) is 0 Å². The molecule has 3 rings (SSSR count). The van der Waals surface area contributed by atoms with Gasteiger partial charge in [0.25, 0.3) is 11.8 Å². The minimum Gasteiger partial charge on any atom is -0.493 e. The number of carbonyl (C=O) groups is 2. The number of nitrogens with one attached hydrogen (secondary N) is 2. The van der Waals surface area contributed by atoms with Gasteiger partial charge in [0.05, 0.1) is 16.6 Å². The Morgan fingerprint density at radius 1 is 0.935 bits per heavy atom. The fraction of sp³-hybridized carbons (Fsp3) is 0.217. The lowest BCUT2D eigenvalue weighted by atomic mass is 10.1. The van der Waals surface area contributed by atoms with Gasteiger partial charge in [0.1, 0.15) is 11.5 Å². The highest BCUT2D eigenvalue weighted by molar-refractivity contribution is 9.11. The average molecular weight is 550 g/mol. The number of amides is 2. The molecule has 0 atom stereocenters. The molecule has 31 heavy (non-hydrogen) atoms. The van der Waals surface area contributed by atoms with Crippen molar-refractivity contribution in [2.75, 3.05) is 13.2 Å². The van der Waals surface area contributed by atoms with E-state index in [0.29, 0.717) is 23.7 Å². The molecule has 2 amide bonds. The van der Waals surface area contributed by atoms with Crippen molar-refractivity contribution in [1.29, 1.82) is 0 Å². The molecule has 0 spiro atoms. The molecule has 0 aromatic heterocycles. The van der Waals surface area contributed by atoms with Gasteiger partial charge in [-0.2, -0.15) is 0 Å². The molecule has 2 N–H and O–H groups in total. The van der Waals surface area contributed by atoms with E-state index in [1.807, 2.05) is 24.3 Å². The largest absolute Gasteiger partial charge is 0.493 e. The summed E-state index contributed by atoms with van der Waals surface area (Å²) in [6, 6.07) is 16.5. The second kappa shape index (κ2) is 11.2. The molecule has 0 fully saturated rings. The normalized spacial score (nSPS) is 10.5. The molecule has 3 aromatic rings. The Balaban J connectivity index is 1.55. The SMILES string of the molecule is CCCCOc1ccccc1C(=O)NNC(=O)COc1ccc2cc(Br)ccc2c1Br. The van der Waals surface area contributed by atoms with E-state index in [-0.39, 0.29) is 6.61 Å². The molecule has 3 aromatic carbocycles. The lowest BCUT2D eigenvalue weighted by molar-refractivity contribution is -0.123. The molecule has 0 bridgehead atoms. The highest BCUT2D eigenvalue weighted by atomic mass is 79.9. The topological polar surface area (TPSA) is 76.7 Å². The molecule has 0 radical (unpaired) electrons. The van der Waals surface area contributed by atoms with E-state index in [9.17, 15) is 9.59 Å². The second-order valence-electron chi connectivity index (χ2n) is 6.73. The first kappa shape index (κ1) is 23.1. The molecule has 0 aliphatic rings. The Hall–Kier alpha value is -2.58. The fourth-order valence-electron chi connectivity index (χ4n) is 2.83. The number of hydrogen-bond acceptors (Lipinski definition) is 4. The first-order chi connectivity index (χ1) is 15.0. The maximum atomic E-state index is 12.4. The van der Waals surface area contributed by atoms with Crippen molar-refractivity contribution in [2.45, 2.75) is 19.8 Å². The fourth-order valence-corrected chi connectivity index (χ4v) is 3.82. The molecule has 6 nitrogen and oxygen atoms in total.